The number of rotatable bonds is 35. The Labute approximate surface area is 583 Å². The Morgan fingerprint density at radius 1 is 0.941 bits per heavy atom. The van der Waals surface area contributed by atoms with E-state index in [4.69, 9.17) is 54.1 Å². The van der Waals surface area contributed by atoms with Crippen LogP contribution in [0.1, 0.15) is 70.7 Å². The largest absolute Gasteiger partial charge is 0.491 e. The van der Waals surface area contributed by atoms with E-state index >= 15 is 0 Å². The number of hydrogen-bond acceptors (Lipinski definition) is 26. The summed E-state index contributed by atoms with van der Waals surface area (Å²) in [5, 5.41) is 26.7. The van der Waals surface area contributed by atoms with Gasteiger partial charge in [0.25, 0.3) is 11.8 Å². The number of thiazole rings is 1. The van der Waals surface area contributed by atoms with Crippen molar-refractivity contribution in [2.45, 2.75) is 69.9 Å². The number of anilines is 2. The first-order valence-electron chi connectivity index (χ1n) is 31.3. The van der Waals surface area contributed by atoms with Crippen LogP contribution in [0.2, 0.25) is 0 Å². The lowest BCUT2D eigenvalue weighted by atomic mass is 9.90. The molecule has 3 amide bonds. The smallest absolute Gasteiger partial charge is 0.490 e. The Morgan fingerprint density at radius 3 is 2.50 bits per heavy atom. The number of nitrogens with zero attached hydrogens (tertiary/aromatic N) is 11. The van der Waals surface area contributed by atoms with E-state index in [9.17, 15) is 58.1 Å². The number of ether oxygens (including phenoxy) is 5. The molecule has 4 aromatic carbocycles. The van der Waals surface area contributed by atoms with E-state index in [1.807, 2.05) is 42.5 Å². The van der Waals surface area contributed by atoms with Crippen molar-refractivity contribution in [1.82, 2.24) is 35.4 Å². The van der Waals surface area contributed by atoms with Crippen molar-refractivity contribution in [2.75, 3.05) is 96.7 Å². The van der Waals surface area contributed by atoms with Crippen molar-refractivity contribution in [3.8, 4) is 39.3 Å². The van der Waals surface area contributed by atoms with Gasteiger partial charge in [0, 0.05) is 102 Å². The van der Waals surface area contributed by atoms with Crippen molar-refractivity contribution >= 4 is 85.2 Å². The van der Waals surface area contributed by atoms with Crippen LogP contribution in [0.15, 0.2) is 115 Å². The molecule has 9 rings (SSSR count). The maximum absolute atomic E-state index is 14.5. The van der Waals surface area contributed by atoms with Crippen LogP contribution in [0.5, 0.6) is 5.75 Å². The number of aliphatic hydroxyl groups excluding tert-OH is 1. The van der Waals surface area contributed by atoms with E-state index in [-0.39, 0.29) is 106 Å². The molecule has 7 unspecified atom stereocenters. The molecule has 542 valence electrons. The predicted octanol–water partition coefficient (Wildman–Crippen LogP) is 6.34. The number of amides is 3. The summed E-state index contributed by atoms with van der Waals surface area (Å²) in [4.78, 5) is 123. The topological polar surface area (TPSA) is 522 Å². The van der Waals surface area contributed by atoms with Gasteiger partial charge >= 0.3 is 34.8 Å². The Bertz CT molecular complexity index is 4620. The minimum Gasteiger partial charge on any atom is -0.491 e. The zero-order chi connectivity index (χ0) is 73.1. The third-order valence-electron chi connectivity index (χ3n) is 15.4. The summed E-state index contributed by atoms with van der Waals surface area (Å²) in [5.74, 6) is 4.25. The van der Waals surface area contributed by atoms with Crippen LogP contribution in [0.25, 0.3) is 63.8 Å². The number of aliphatic hydroxyl groups is 1. The van der Waals surface area contributed by atoms with Gasteiger partial charge in [0.2, 0.25) is 5.91 Å². The van der Waals surface area contributed by atoms with Gasteiger partial charge in [-0.15, -0.1) is 11.3 Å². The first kappa shape index (κ1) is 77.2. The van der Waals surface area contributed by atoms with Crippen LogP contribution >= 0.6 is 34.8 Å². The van der Waals surface area contributed by atoms with Crippen LogP contribution in [-0.2, 0) is 57.0 Å². The third-order valence-corrected chi connectivity index (χ3v) is 20.3. The van der Waals surface area contributed by atoms with E-state index in [0.717, 1.165) is 58.2 Å². The highest BCUT2D eigenvalue weighted by Gasteiger charge is 2.44. The number of phosphoric ester groups is 1. The van der Waals surface area contributed by atoms with Crippen LogP contribution < -0.4 is 42.6 Å². The molecule has 41 heteroatoms. The van der Waals surface area contributed by atoms with Gasteiger partial charge in [-0.2, -0.15) is 13.6 Å². The number of nitrogen functional groups attached to an aromatic ring is 1. The molecule has 102 heavy (non-hydrogen) atoms. The van der Waals surface area contributed by atoms with Crippen molar-refractivity contribution in [3.05, 3.63) is 155 Å². The fourth-order valence-electron chi connectivity index (χ4n) is 10.9. The Balaban J connectivity index is 0.683. The number of phosphoric acid groups is 3. The summed E-state index contributed by atoms with van der Waals surface area (Å²) >= 11 is 1.38. The SMILES string of the molecule is CCN1CCCc2cc3c(-c4ccccc4C(=O)N(C)CCCC(=O)NCCNC(=O)c4cccc(OCC(N=[N+]=[N-])OCCOCC(O)NCC#Cc5cn(C6CC(OCN=[N+]=[N-])C(COP(=O)(O)OP(=O)(O)OP(=O)(O)O)O6)c(=O)nc5N)c4)c(-c4nc5ccccc5s4)c(=O)oc3cc21. The minimum absolute atomic E-state index is 0.000498. The molecule has 1 fully saturated rings. The quantitative estimate of drug-likeness (QED) is 0.00306. The normalized spacial score (nSPS) is 16.8. The van der Waals surface area contributed by atoms with Crippen LogP contribution in [0, 0.1) is 11.8 Å². The number of carbonyl (C=O) groups excluding carboxylic acids is 3. The molecular formula is C61H70N15O22P3S. The summed E-state index contributed by atoms with van der Waals surface area (Å²) < 4.78 is 83.2. The van der Waals surface area contributed by atoms with Gasteiger partial charge < -0.3 is 78.9 Å². The number of aryl methyl sites for hydroxylation is 1. The molecule has 0 radical (unpaired) electrons. The second-order valence-electron chi connectivity index (χ2n) is 22.5. The molecule has 7 atom stereocenters. The third kappa shape index (κ3) is 21.3. The van der Waals surface area contributed by atoms with Crippen molar-refractivity contribution in [2.24, 2.45) is 10.2 Å². The second-order valence-corrected chi connectivity index (χ2v) is 27.9. The molecule has 7 aromatic rings. The molecule has 10 N–H and O–H groups in total. The molecule has 5 heterocycles. The average molecular weight is 1490 g/mol. The molecule has 0 bridgehead atoms. The molecular weight excluding hydrogens is 1420 g/mol. The maximum atomic E-state index is 14.5. The maximum Gasteiger partial charge on any atom is 0.490 e. The van der Waals surface area contributed by atoms with Gasteiger partial charge in [0.05, 0.1) is 54.9 Å². The molecule has 2 aliphatic rings. The average Bonchev–Trinajstić information content (AvgIpc) is 1.09. The summed E-state index contributed by atoms with van der Waals surface area (Å²) in [6.07, 6.45) is -3.05. The highest BCUT2D eigenvalue weighted by Crippen LogP contribution is 2.66. The van der Waals surface area contributed by atoms with Crippen LogP contribution in [0.3, 0.4) is 0 Å². The molecule has 3 aromatic heterocycles. The number of hydrogen-bond donors (Lipinski definition) is 9. The fourth-order valence-corrected chi connectivity index (χ4v) is 14.9. The van der Waals surface area contributed by atoms with E-state index in [2.05, 4.69) is 83.9 Å². The van der Waals surface area contributed by atoms with Crippen molar-refractivity contribution in [1.29, 1.82) is 0 Å². The molecule has 1 saturated heterocycles. The van der Waals surface area contributed by atoms with Crippen LogP contribution in [-0.4, -0.2) is 173 Å². The van der Waals surface area contributed by atoms with Gasteiger partial charge in [0.15, 0.2) is 6.23 Å². The summed E-state index contributed by atoms with van der Waals surface area (Å²) in [7, 11) is -15.5. The van der Waals surface area contributed by atoms with Crippen molar-refractivity contribution < 1.29 is 94.0 Å². The van der Waals surface area contributed by atoms with Crippen molar-refractivity contribution in [3.63, 3.8) is 0 Å². The lowest BCUT2D eigenvalue weighted by Gasteiger charge is -2.30. The highest BCUT2D eigenvalue weighted by molar-refractivity contribution is 7.66. The summed E-state index contributed by atoms with van der Waals surface area (Å²) in [5.41, 5.74) is 27.5. The molecule has 0 aliphatic carbocycles. The van der Waals surface area contributed by atoms with Gasteiger partial charge in [-0.25, -0.2) is 28.3 Å². The number of aromatic nitrogens is 3. The molecule has 0 spiro atoms. The van der Waals surface area contributed by atoms with E-state index in [0.29, 0.717) is 39.1 Å². The molecule has 2 aliphatic heterocycles. The first-order chi connectivity index (χ1) is 48.8. The summed E-state index contributed by atoms with van der Waals surface area (Å²) in [6.45, 7) is 1.74. The number of nitrogens with one attached hydrogen (secondary N) is 3. The second kappa shape index (κ2) is 35.8. The summed E-state index contributed by atoms with van der Waals surface area (Å²) in [6, 6.07) is 25.0. The zero-order valence-corrected chi connectivity index (χ0v) is 58.0. The number of carbonyl (C=O) groups is 3. The lowest BCUT2D eigenvalue weighted by molar-refractivity contribution is -0.121. The van der Waals surface area contributed by atoms with E-state index < -0.39 is 84.9 Å². The van der Waals surface area contributed by atoms with Gasteiger partial charge in [-0.3, -0.25) is 28.8 Å². The monoisotopic (exact) mass is 1490 g/mol. The van der Waals surface area contributed by atoms with Gasteiger partial charge in [-0.1, -0.05) is 58.5 Å². The minimum atomic E-state index is -5.85. The Morgan fingerprint density at radius 2 is 1.73 bits per heavy atom. The number of azide groups is 2. The highest BCUT2D eigenvalue weighted by atomic mass is 32.1. The Kier molecular flexibility index (Phi) is 27.1. The Hall–Kier alpha value is -8.98. The molecule has 0 saturated carbocycles. The zero-order valence-electron chi connectivity index (χ0n) is 54.5. The van der Waals surface area contributed by atoms with E-state index in [1.54, 1.807) is 42.3 Å². The van der Waals surface area contributed by atoms with Crippen LogP contribution in [0.4, 0.5) is 11.5 Å². The lowest BCUT2D eigenvalue weighted by Crippen LogP contribution is -2.35. The fraction of sp³-hybridized carbons (Fsp3) is 0.393. The predicted molar refractivity (Wildman–Crippen MR) is 367 cm³/mol. The standard InChI is InChI=1S/C61H70N15O22P3S/c1-3-75-25-10-14-37-29-43-46(30-45(37)75)96-60(81)55(58-69-44-18-6-7-19-49(44)102-58)54(43)41-16-4-5-17-42(41)59(80)74(2)24-11-20-50(77)66-22-23-67-57(79)38-12-8-15-40(28-38)92-35-52(71-73-64)91-27-26-90-34-51(78)65-21-9-13-39-32-76(61(82)70-56(39)62)53-31-47(93-36-68-72-63)48(95-53)33-94-100(86,87)98-101(88,89)97-99(83,84)85/h4-8,12,15-19,28-30,32,47-48,51-53,65,78H,3,10-11,14,20-27,31,33-36H2,1-2H3,(H,66,77)(H,67,79)(H,86,87)(H,88,89)(H2,62,70,82)(H2,83,84,85). The van der Waals surface area contributed by atoms with Gasteiger partial charge in [-0.05, 0) is 90.8 Å². The number of nitrogens with two attached hydrogens (primary N) is 1. The number of para-hydroxylation sites is 1. The van der Waals surface area contributed by atoms with Gasteiger partial charge in [0.1, 0.15) is 59.6 Å². The first-order valence-corrected chi connectivity index (χ1v) is 36.6. The number of benzene rings is 4. The molecule has 37 nitrogen and oxygen atoms in total. The van der Waals surface area contributed by atoms with E-state index in [1.165, 1.54) is 17.4 Å². The number of fused-ring (bicyclic) bond motifs is 3.